The summed E-state index contributed by atoms with van der Waals surface area (Å²) in [6.07, 6.45) is 1.24. The summed E-state index contributed by atoms with van der Waals surface area (Å²) in [5, 5.41) is 3.41. The van der Waals surface area contributed by atoms with E-state index in [1.807, 2.05) is 18.2 Å². The highest BCUT2D eigenvalue weighted by Crippen LogP contribution is 2.25. The van der Waals surface area contributed by atoms with Gasteiger partial charge in [-0.2, -0.15) is 0 Å². The molecule has 0 aliphatic carbocycles. The first-order valence-electron chi connectivity index (χ1n) is 9.53. The second kappa shape index (κ2) is 12.3. The minimum Gasteiger partial charge on any atom is -0.497 e. The summed E-state index contributed by atoms with van der Waals surface area (Å²) in [4.78, 5) is 9.54. The first-order chi connectivity index (χ1) is 12.6. The molecule has 0 amide bonds. The van der Waals surface area contributed by atoms with Gasteiger partial charge in [-0.3, -0.25) is 4.99 Å². The summed E-state index contributed by atoms with van der Waals surface area (Å²) in [5.74, 6) is 3.24. The lowest BCUT2D eigenvalue weighted by Crippen LogP contribution is -2.39. The Morgan fingerprint density at radius 3 is 2.67 bits per heavy atom. The van der Waals surface area contributed by atoms with Crippen LogP contribution in [-0.4, -0.2) is 69.8 Å². The van der Waals surface area contributed by atoms with Crippen LogP contribution >= 0.6 is 24.0 Å². The number of halogens is 1. The van der Waals surface area contributed by atoms with Gasteiger partial charge in [0.05, 0.1) is 14.2 Å². The molecule has 7 heteroatoms. The van der Waals surface area contributed by atoms with Crippen LogP contribution in [0.15, 0.2) is 23.2 Å². The minimum atomic E-state index is 0. The molecular formula is C20H35IN4O2. The number of likely N-dealkylation sites (tertiary alicyclic amines) is 1. The highest BCUT2D eigenvalue weighted by atomic mass is 127. The summed E-state index contributed by atoms with van der Waals surface area (Å²) in [5.41, 5.74) is 1.11. The first-order valence-corrected chi connectivity index (χ1v) is 9.53. The van der Waals surface area contributed by atoms with E-state index in [0.29, 0.717) is 5.92 Å². The van der Waals surface area contributed by atoms with Crippen molar-refractivity contribution >= 4 is 29.9 Å². The Bertz CT molecular complexity index is 597. The van der Waals surface area contributed by atoms with Gasteiger partial charge in [-0.1, -0.05) is 6.92 Å². The van der Waals surface area contributed by atoms with E-state index >= 15 is 0 Å². The zero-order chi connectivity index (χ0) is 18.9. The van der Waals surface area contributed by atoms with Crippen molar-refractivity contribution in [2.45, 2.75) is 26.8 Å². The second-order valence-electron chi connectivity index (χ2n) is 6.78. The molecule has 1 fully saturated rings. The van der Waals surface area contributed by atoms with Crippen LogP contribution in [-0.2, 0) is 6.54 Å². The molecule has 1 heterocycles. The largest absolute Gasteiger partial charge is 0.497 e. The third kappa shape index (κ3) is 7.03. The van der Waals surface area contributed by atoms with Crippen LogP contribution in [0, 0.1) is 5.92 Å². The molecule has 1 unspecified atom stereocenters. The number of hydrogen-bond donors (Lipinski definition) is 1. The Morgan fingerprint density at radius 2 is 2.07 bits per heavy atom. The number of nitrogens with one attached hydrogen (secondary N) is 1. The fourth-order valence-electron chi connectivity index (χ4n) is 3.35. The first kappa shape index (κ1) is 23.8. The Balaban J connectivity index is 0.00000364. The van der Waals surface area contributed by atoms with Crippen LogP contribution in [0.25, 0.3) is 0 Å². The predicted molar refractivity (Wildman–Crippen MR) is 123 cm³/mol. The maximum absolute atomic E-state index is 5.52. The van der Waals surface area contributed by atoms with Gasteiger partial charge in [0.1, 0.15) is 11.5 Å². The van der Waals surface area contributed by atoms with E-state index in [9.17, 15) is 0 Å². The Kier molecular flexibility index (Phi) is 10.8. The van der Waals surface area contributed by atoms with Gasteiger partial charge >= 0.3 is 0 Å². The minimum absolute atomic E-state index is 0. The van der Waals surface area contributed by atoms with Gasteiger partial charge in [-0.05, 0) is 44.5 Å². The fourth-order valence-corrected chi connectivity index (χ4v) is 3.35. The van der Waals surface area contributed by atoms with Crippen LogP contribution in [0.4, 0.5) is 0 Å². The lowest BCUT2D eigenvalue weighted by Gasteiger charge is -2.24. The van der Waals surface area contributed by atoms with Crippen LogP contribution in [0.3, 0.4) is 0 Å². The van der Waals surface area contributed by atoms with Crippen LogP contribution in [0.1, 0.15) is 25.8 Å². The van der Waals surface area contributed by atoms with Crippen molar-refractivity contribution in [3.05, 3.63) is 23.8 Å². The third-order valence-electron chi connectivity index (χ3n) is 4.91. The van der Waals surface area contributed by atoms with Gasteiger partial charge in [0, 0.05) is 44.9 Å². The molecule has 0 bridgehead atoms. The molecule has 27 heavy (non-hydrogen) atoms. The lowest BCUT2D eigenvalue weighted by atomic mass is 10.1. The maximum Gasteiger partial charge on any atom is 0.193 e. The molecule has 1 aromatic rings. The number of guanidine groups is 1. The van der Waals surface area contributed by atoms with Crippen molar-refractivity contribution in [2.24, 2.45) is 10.9 Å². The van der Waals surface area contributed by atoms with Crippen molar-refractivity contribution < 1.29 is 9.47 Å². The topological polar surface area (TPSA) is 49.3 Å². The molecule has 1 aromatic carbocycles. The third-order valence-corrected chi connectivity index (χ3v) is 4.91. The molecule has 6 nitrogen and oxygen atoms in total. The van der Waals surface area contributed by atoms with Gasteiger partial charge in [0.2, 0.25) is 0 Å². The molecule has 1 aliphatic heterocycles. The molecule has 1 N–H and O–H groups in total. The van der Waals surface area contributed by atoms with Crippen molar-refractivity contribution in [3.63, 3.8) is 0 Å². The van der Waals surface area contributed by atoms with Gasteiger partial charge < -0.3 is 24.6 Å². The Labute approximate surface area is 181 Å². The van der Waals surface area contributed by atoms with Crippen LogP contribution in [0.5, 0.6) is 11.5 Å². The molecule has 0 saturated carbocycles. The fraction of sp³-hybridized carbons (Fsp3) is 0.650. The summed E-state index contributed by atoms with van der Waals surface area (Å²) < 4.78 is 10.8. The zero-order valence-electron chi connectivity index (χ0n) is 17.3. The number of ether oxygens (including phenoxy) is 2. The molecular weight excluding hydrogens is 455 g/mol. The van der Waals surface area contributed by atoms with Gasteiger partial charge in [0.15, 0.2) is 5.96 Å². The molecule has 1 atom stereocenters. The van der Waals surface area contributed by atoms with E-state index in [1.54, 1.807) is 14.2 Å². The van der Waals surface area contributed by atoms with E-state index in [0.717, 1.165) is 55.7 Å². The van der Waals surface area contributed by atoms with Gasteiger partial charge in [-0.25, -0.2) is 0 Å². The molecule has 0 aromatic heterocycles. The Morgan fingerprint density at radius 1 is 1.30 bits per heavy atom. The van der Waals surface area contributed by atoms with Crippen molar-refractivity contribution in [3.8, 4) is 11.5 Å². The summed E-state index contributed by atoms with van der Waals surface area (Å²) in [6, 6.07) is 5.94. The summed E-state index contributed by atoms with van der Waals surface area (Å²) in [6.45, 7) is 10.3. The number of aliphatic imine (C=N–C) groups is 1. The Hall–Kier alpha value is -1.22. The molecule has 0 radical (unpaired) electrons. The monoisotopic (exact) mass is 490 g/mol. The number of rotatable bonds is 8. The van der Waals surface area contributed by atoms with E-state index in [2.05, 4.69) is 36.0 Å². The predicted octanol–water partition coefficient (Wildman–Crippen LogP) is 3.06. The maximum atomic E-state index is 5.52. The molecule has 1 saturated heterocycles. The van der Waals surface area contributed by atoms with E-state index in [1.165, 1.54) is 13.0 Å². The summed E-state index contributed by atoms with van der Waals surface area (Å²) >= 11 is 0. The smallest absolute Gasteiger partial charge is 0.193 e. The van der Waals surface area contributed by atoms with Crippen molar-refractivity contribution in [1.29, 1.82) is 0 Å². The van der Waals surface area contributed by atoms with E-state index < -0.39 is 0 Å². The van der Waals surface area contributed by atoms with Crippen LogP contribution in [0.2, 0.25) is 0 Å². The molecule has 154 valence electrons. The zero-order valence-corrected chi connectivity index (χ0v) is 19.7. The number of hydrogen-bond acceptors (Lipinski definition) is 4. The highest BCUT2D eigenvalue weighted by Gasteiger charge is 2.21. The number of methoxy groups -OCH3 is 2. The average Bonchev–Trinajstić information content (AvgIpc) is 3.13. The lowest BCUT2D eigenvalue weighted by molar-refractivity contribution is 0.343. The van der Waals surface area contributed by atoms with E-state index in [4.69, 9.17) is 14.5 Å². The normalized spacial score (nSPS) is 17.4. The van der Waals surface area contributed by atoms with E-state index in [-0.39, 0.29) is 24.0 Å². The quantitative estimate of drug-likeness (QED) is 0.345. The van der Waals surface area contributed by atoms with Gasteiger partial charge in [-0.15, -0.1) is 24.0 Å². The highest BCUT2D eigenvalue weighted by molar-refractivity contribution is 14.0. The number of benzene rings is 1. The van der Waals surface area contributed by atoms with Crippen LogP contribution < -0.4 is 14.8 Å². The van der Waals surface area contributed by atoms with Crippen molar-refractivity contribution in [1.82, 2.24) is 15.1 Å². The second-order valence-corrected chi connectivity index (χ2v) is 6.78. The molecule has 2 rings (SSSR count). The molecule has 0 spiro atoms. The average molecular weight is 490 g/mol. The van der Waals surface area contributed by atoms with Gasteiger partial charge in [0.25, 0.3) is 0 Å². The standard InChI is InChI=1S/C20H34N4O2.HI/c1-6-21-20(22-13-16-10-11-24(7-2)14-16)23(3)15-17-8-9-18(25-4)12-19(17)26-5;/h8-9,12,16H,6-7,10-11,13-15H2,1-5H3,(H,21,22);1H. The van der Waals surface area contributed by atoms with Crippen molar-refractivity contribution in [2.75, 3.05) is 54.0 Å². The SMILES string of the molecule is CCNC(=NCC1CCN(CC)C1)N(C)Cc1ccc(OC)cc1OC.I. The summed E-state index contributed by atoms with van der Waals surface area (Å²) in [7, 11) is 5.43. The number of nitrogens with zero attached hydrogens (tertiary/aromatic N) is 3. The molecule has 1 aliphatic rings.